The van der Waals surface area contributed by atoms with E-state index in [1.54, 1.807) is 18.4 Å². The molecule has 1 aromatic heterocycles. The first-order valence-electron chi connectivity index (χ1n) is 8.86. The van der Waals surface area contributed by atoms with Crippen LogP contribution in [0.2, 0.25) is 0 Å². The highest BCUT2D eigenvalue weighted by Gasteiger charge is 2.09. The second kappa shape index (κ2) is 8.02. The third-order valence-electron chi connectivity index (χ3n) is 4.70. The summed E-state index contributed by atoms with van der Waals surface area (Å²) < 4.78 is 7.60. The summed E-state index contributed by atoms with van der Waals surface area (Å²) in [5.41, 5.74) is 8.48. The van der Waals surface area contributed by atoms with Gasteiger partial charge in [0.1, 0.15) is 0 Å². The van der Waals surface area contributed by atoms with Crippen molar-refractivity contribution in [1.82, 2.24) is 4.57 Å². The van der Waals surface area contributed by atoms with Gasteiger partial charge in [0.2, 0.25) is 0 Å². The van der Waals surface area contributed by atoms with E-state index in [-0.39, 0.29) is 0 Å². The standard InChI is InChI=1S/C22H26N2OS/c1-15-6-7-17(3)20(12-15)23-22-24(10-11-25-5)21(14-26-22)19-9-8-16(2)18(4)13-19/h6-9,12-14H,10-11H2,1-5H3. The molecule has 0 unspecified atom stereocenters. The zero-order valence-electron chi connectivity index (χ0n) is 16.2. The molecule has 0 bridgehead atoms. The molecule has 0 aliphatic heterocycles. The number of nitrogens with zero attached hydrogens (tertiary/aromatic N) is 2. The van der Waals surface area contributed by atoms with Crippen molar-refractivity contribution in [2.24, 2.45) is 4.99 Å². The lowest BCUT2D eigenvalue weighted by molar-refractivity contribution is 0.187. The van der Waals surface area contributed by atoms with E-state index < -0.39 is 0 Å². The Hall–Kier alpha value is -2.17. The van der Waals surface area contributed by atoms with Gasteiger partial charge in [-0.25, -0.2) is 4.99 Å². The van der Waals surface area contributed by atoms with Crippen molar-refractivity contribution in [3.8, 4) is 11.3 Å². The van der Waals surface area contributed by atoms with Crippen LogP contribution in [0.4, 0.5) is 5.69 Å². The lowest BCUT2D eigenvalue weighted by Gasteiger charge is -2.10. The van der Waals surface area contributed by atoms with Crippen molar-refractivity contribution < 1.29 is 4.74 Å². The van der Waals surface area contributed by atoms with Crippen molar-refractivity contribution >= 4 is 17.0 Å². The molecule has 136 valence electrons. The van der Waals surface area contributed by atoms with Gasteiger partial charge < -0.3 is 9.30 Å². The number of hydrogen-bond donors (Lipinski definition) is 0. The molecule has 0 amide bonds. The first kappa shape index (κ1) is 18.6. The van der Waals surface area contributed by atoms with E-state index in [1.165, 1.54) is 33.5 Å². The summed E-state index contributed by atoms with van der Waals surface area (Å²) in [6.07, 6.45) is 0. The van der Waals surface area contributed by atoms with Crippen LogP contribution in [0, 0.1) is 27.7 Å². The van der Waals surface area contributed by atoms with E-state index in [9.17, 15) is 0 Å². The van der Waals surface area contributed by atoms with E-state index in [2.05, 4.69) is 74.0 Å². The Morgan fingerprint density at radius 2 is 1.73 bits per heavy atom. The molecule has 1 heterocycles. The van der Waals surface area contributed by atoms with Crippen LogP contribution < -0.4 is 4.80 Å². The fraction of sp³-hybridized carbons (Fsp3) is 0.318. The minimum absolute atomic E-state index is 0.661. The number of rotatable bonds is 5. The predicted octanol–water partition coefficient (Wildman–Crippen LogP) is 5.33. The molecule has 0 aliphatic rings. The molecule has 0 spiro atoms. The Labute approximate surface area is 159 Å². The number of methoxy groups -OCH3 is 1. The molecule has 26 heavy (non-hydrogen) atoms. The normalized spacial score (nSPS) is 12.0. The zero-order valence-corrected chi connectivity index (χ0v) is 17.0. The monoisotopic (exact) mass is 366 g/mol. The molecule has 0 saturated heterocycles. The molecule has 3 nitrogen and oxygen atoms in total. The average Bonchev–Trinajstić information content (AvgIpc) is 3.01. The molecule has 3 rings (SSSR count). The molecule has 0 aliphatic carbocycles. The molecule has 0 N–H and O–H groups in total. The summed E-state index contributed by atoms with van der Waals surface area (Å²) in [5, 5.41) is 2.20. The molecular formula is C22H26N2OS. The first-order chi connectivity index (χ1) is 12.5. The van der Waals surface area contributed by atoms with Gasteiger partial charge >= 0.3 is 0 Å². The number of ether oxygens (including phenoxy) is 1. The number of hydrogen-bond acceptors (Lipinski definition) is 3. The molecule has 0 fully saturated rings. The summed E-state index contributed by atoms with van der Waals surface area (Å²) in [6.45, 7) is 9.96. The number of aryl methyl sites for hydroxylation is 4. The largest absolute Gasteiger partial charge is 0.383 e. The highest BCUT2D eigenvalue weighted by Crippen LogP contribution is 2.24. The number of benzene rings is 2. The second-order valence-electron chi connectivity index (χ2n) is 6.75. The average molecular weight is 367 g/mol. The molecule has 2 aromatic carbocycles. The molecule has 0 saturated carbocycles. The van der Waals surface area contributed by atoms with Gasteiger partial charge in [-0.05, 0) is 67.6 Å². The Bertz CT molecular complexity index is 982. The Morgan fingerprint density at radius 1 is 0.962 bits per heavy atom. The third kappa shape index (κ3) is 3.97. The van der Waals surface area contributed by atoms with Crippen molar-refractivity contribution in [2.45, 2.75) is 34.2 Å². The summed E-state index contributed by atoms with van der Waals surface area (Å²) in [4.78, 5) is 5.97. The van der Waals surface area contributed by atoms with E-state index >= 15 is 0 Å². The lowest BCUT2D eigenvalue weighted by atomic mass is 10.0. The Kier molecular flexibility index (Phi) is 5.74. The smallest absolute Gasteiger partial charge is 0.190 e. The van der Waals surface area contributed by atoms with Crippen LogP contribution in [0.25, 0.3) is 11.3 Å². The van der Waals surface area contributed by atoms with Crippen molar-refractivity contribution in [3.63, 3.8) is 0 Å². The van der Waals surface area contributed by atoms with Gasteiger partial charge in [0.25, 0.3) is 0 Å². The highest BCUT2D eigenvalue weighted by atomic mass is 32.1. The van der Waals surface area contributed by atoms with Crippen LogP contribution in [-0.2, 0) is 11.3 Å². The maximum Gasteiger partial charge on any atom is 0.190 e. The molecule has 3 aromatic rings. The number of thiazole rings is 1. The lowest BCUT2D eigenvalue weighted by Crippen LogP contribution is -2.18. The van der Waals surface area contributed by atoms with Gasteiger partial charge in [-0.3, -0.25) is 0 Å². The predicted molar refractivity (Wildman–Crippen MR) is 110 cm³/mol. The molecule has 0 radical (unpaired) electrons. The van der Waals surface area contributed by atoms with Crippen molar-refractivity contribution in [3.05, 3.63) is 68.8 Å². The van der Waals surface area contributed by atoms with Gasteiger partial charge in [0, 0.05) is 19.0 Å². The van der Waals surface area contributed by atoms with Gasteiger partial charge in [-0.2, -0.15) is 0 Å². The Balaban J connectivity index is 2.14. The minimum Gasteiger partial charge on any atom is -0.383 e. The molecule has 0 atom stereocenters. The van der Waals surface area contributed by atoms with Crippen LogP contribution in [0.1, 0.15) is 22.3 Å². The van der Waals surface area contributed by atoms with E-state index in [1.807, 2.05) is 0 Å². The summed E-state index contributed by atoms with van der Waals surface area (Å²) >= 11 is 1.68. The van der Waals surface area contributed by atoms with E-state index in [0.29, 0.717) is 6.61 Å². The highest BCUT2D eigenvalue weighted by molar-refractivity contribution is 7.07. The first-order valence-corrected chi connectivity index (χ1v) is 9.74. The summed E-state index contributed by atoms with van der Waals surface area (Å²) in [6, 6.07) is 13.0. The van der Waals surface area contributed by atoms with Crippen molar-refractivity contribution in [2.75, 3.05) is 13.7 Å². The topological polar surface area (TPSA) is 26.5 Å². The maximum atomic E-state index is 5.34. The van der Waals surface area contributed by atoms with Gasteiger partial charge in [0.05, 0.1) is 18.0 Å². The maximum absolute atomic E-state index is 5.34. The van der Waals surface area contributed by atoms with Crippen LogP contribution in [-0.4, -0.2) is 18.3 Å². The second-order valence-corrected chi connectivity index (χ2v) is 7.59. The van der Waals surface area contributed by atoms with Crippen LogP contribution in [0.3, 0.4) is 0 Å². The van der Waals surface area contributed by atoms with Gasteiger partial charge in [-0.15, -0.1) is 11.3 Å². The summed E-state index contributed by atoms with van der Waals surface area (Å²) in [7, 11) is 1.74. The number of aromatic nitrogens is 1. The van der Waals surface area contributed by atoms with Crippen LogP contribution in [0.15, 0.2) is 46.8 Å². The quantitative estimate of drug-likeness (QED) is 0.599. The third-order valence-corrected chi connectivity index (χ3v) is 5.56. The van der Waals surface area contributed by atoms with E-state index in [4.69, 9.17) is 9.73 Å². The Morgan fingerprint density at radius 3 is 2.46 bits per heavy atom. The molecular weight excluding hydrogens is 340 g/mol. The molecule has 4 heteroatoms. The SMILES string of the molecule is COCCn1c(-c2ccc(C)c(C)c2)csc1=Nc1cc(C)ccc1C. The zero-order chi connectivity index (χ0) is 18.7. The fourth-order valence-electron chi connectivity index (χ4n) is 2.89. The van der Waals surface area contributed by atoms with Gasteiger partial charge in [-0.1, -0.05) is 24.3 Å². The van der Waals surface area contributed by atoms with Gasteiger partial charge in [0.15, 0.2) is 4.80 Å². The fourth-order valence-corrected chi connectivity index (χ4v) is 3.84. The summed E-state index contributed by atoms with van der Waals surface area (Å²) in [5.74, 6) is 0. The van der Waals surface area contributed by atoms with Crippen LogP contribution in [0.5, 0.6) is 0 Å². The minimum atomic E-state index is 0.661. The van der Waals surface area contributed by atoms with Crippen LogP contribution >= 0.6 is 11.3 Å². The van der Waals surface area contributed by atoms with E-state index in [0.717, 1.165) is 17.0 Å². The van der Waals surface area contributed by atoms with Crippen molar-refractivity contribution in [1.29, 1.82) is 0 Å².